The van der Waals surface area contributed by atoms with Gasteiger partial charge in [-0.25, -0.2) is 4.90 Å². The second-order valence-corrected chi connectivity index (χ2v) is 6.48. The summed E-state index contributed by atoms with van der Waals surface area (Å²) in [5.41, 5.74) is 0. The molecule has 1 N–H and O–H groups in total. The van der Waals surface area contributed by atoms with Crippen LogP contribution in [0.15, 0.2) is 0 Å². The Morgan fingerprint density at radius 2 is 1.42 bits per heavy atom. The first kappa shape index (κ1) is 20.0. The van der Waals surface area contributed by atoms with Gasteiger partial charge in [0.05, 0.1) is 26.2 Å². The number of nitrogens with zero attached hydrogens (tertiary/aromatic N) is 3. The third-order valence-corrected chi connectivity index (χ3v) is 4.74. The van der Waals surface area contributed by atoms with Gasteiger partial charge in [-0.15, -0.1) is 0 Å². The maximum atomic E-state index is 12.3. The zero-order valence-electron chi connectivity index (χ0n) is 15.2. The molecule has 10 heteroatoms. The Morgan fingerprint density at radius 1 is 0.962 bits per heavy atom. The highest BCUT2D eigenvalue weighted by atomic mass is 16.5. The molecule has 2 unspecified atom stereocenters. The smallest absolute Gasteiger partial charge is 0.307 e. The fourth-order valence-corrected chi connectivity index (χ4v) is 2.94. The number of hydrogen-bond acceptors (Lipinski definition) is 8. The number of amides is 4. The predicted octanol–water partition coefficient (Wildman–Crippen LogP) is -1.70. The fourth-order valence-electron chi connectivity index (χ4n) is 2.94. The van der Waals surface area contributed by atoms with Crippen molar-refractivity contribution >= 4 is 29.6 Å². The first-order valence-electron chi connectivity index (χ1n) is 8.52. The lowest BCUT2D eigenvalue weighted by molar-refractivity contribution is -0.165. The molecule has 0 radical (unpaired) electrons. The normalized spacial score (nSPS) is 22.2. The number of nitrogens with one attached hydrogen (secondary N) is 1. The molecular formula is C16H24N4O6. The summed E-state index contributed by atoms with van der Waals surface area (Å²) in [6.45, 7) is 5.11. The minimum absolute atomic E-state index is 0.00505. The number of esters is 1. The van der Waals surface area contributed by atoms with Gasteiger partial charge in [0, 0.05) is 18.5 Å². The Bertz CT molecular complexity index is 588. The van der Waals surface area contributed by atoms with E-state index in [0.717, 1.165) is 4.90 Å². The Balaban J connectivity index is 1.96. The molecule has 26 heavy (non-hydrogen) atoms. The number of carbonyl (C=O) groups excluding carboxylic acids is 5. The Labute approximate surface area is 151 Å². The van der Waals surface area contributed by atoms with Crippen LogP contribution in [0, 0.1) is 0 Å². The van der Waals surface area contributed by atoms with Crippen LogP contribution in [0.25, 0.3) is 0 Å². The van der Waals surface area contributed by atoms with Crippen LogP contribution in [-0.4, -0.2) is 89.3 Å². The van der Waals surface area contributed by atoms with Crippen molar-refractivity contribution in [2.75, 3.05) is 32.9 Å². The van der Waals surface area contributed by atoms with E-state index in [1.807, 2.05) is 13.8 Å². The molecular weight excluding hydrogens is 344 g/mol. The van der Waals surface area contributed by atoms with E-state index >= 15 is 0 Å². The van der Waals surface area contributed by atoms with Crippen LogP contribution in [-0.2, 0) is 28.7 Å². The first-order chi connectivity index (χ1) is 12.2. The highest BCUT2D eigenvalue weighted by molar-refractivity contribution is 6.00. The maximum absolute atomic E-state index is 12.3. The highest BCUT2D eigenvalue weighted by Gasteiger charge is 2.37. The van der Waals surface area contributed by atoms with Gasteiger partial charge in [0.1, 0.15) is 0 Å². The van der Waals surface area contributed by atoms with Gasteiger partial charge in [0.15, 0.2) is 6.73 Å². The van der Waals surface area contributed by atoms with E-state index in [1.54, 1.807) is 16.7 Å². The predicted molar refractivity (Wildman–Crippen MR) is 88.3 cm³/mol. The molecule has 4 amide bonds. The summed E-state index contributed by atoms with van der Waals surface area (Å²) < 4.78 is 4.87. The van der Waals surface area contributed by atoms with Crippen molar-refractivity contribution in [1.29, 1.82) is 0 Å². The third-order valence-electron chi connectivity index (χ3n) is 4.74. The van der Waals surface area contributed by atoms with Crippen LogP contribution in [0.5, 0.6) is 0 Å². The lowest BCUT2D eigenvalue weighted by atomic mass is 10.1. The van der Waals surface area contributed by atoms with E-state index in [4.69, 9.17) is 4.74 Å². The van der Waals surface area contributed by atoms with Gasteiger partial charge in [0.2, 0.25) is 23.6 Å². The number of hydrogen-bond donors (Lipinski definition) is 1. The van der Waals surface area contributed by atoms with Gasteiger partial charge in [-0.1, -0.05) is 6.92 Å². The standard InChI is InChI=1S/C16H24N4O6/c1-4-16(25)26-9-20-14(23)7-19(8-15(20)24)11(3)10(2)18-5-12(21)17-13(22)6-18/h10-11H,4-9H2,1-3H3,(H,17,21,22). The van der Waals surface area contributed by atoms with Crippen molar-refractivity contribution in [3.8, 4) is 0 Å². The molecule has 2 rings (SSSR count). The summed E-state index contributed by atoms with van der Waals surface area (Å²) in [5, 5.41) is 2.24. The maximum Gasteiger partial charge on any atom is 0.307 e. The molecule has 0 bridgehead atoms. The molecule has 2 aliphatic heterocycles. The number of rotatable bonds is 6. The lowest BCUT2D eigenvalue weighted by Gasteiger charge is -2.41. The van der Waals surface area contributed by atoms with Gasteiger partial charge in [-0.05, 0) is 13.8 Å². The molecule has 0 aromatic carbocycles. The molecule has 0 saturated carbocycles. The summed E-state index contributed by atoms with van der Waals surface area (Å²) >= 11 is 0. The van der Waals surface area contributed by atoms with Crippen molar-refractivity contribution in [1.82, 2.24) is 20.0 Å². The number of carbonyl (C=O) groups is 5. The van der Waals surface area contributed by atoms with Gasteiger partial charge >= 0.3 is 5.97 Å². The van der Waals surface area contributed by atoms with Crippen LogP contribution in [0.3, 0.4) is 0 Å². The molecule has 144 valence electrons. The van der Waals surface area contributed by atoms with Crippen LogP contribution in [0.4, 0.5) is 0 Å². The van der Waals surface area contributed by atoms with Crippen molar-refractivity contribution < 1.29 is 28.7 Å². The Morgan fingerprint density at radius 3 is 1.88 bits per heavy atom. The van der Waals surface area contributed by atoms with Gasteiger partial charge < -0.3 is 4.74 Å². The van der Waals surface area contributed by atoms with Crippen molar-refractivity contribution in [3.05, 3.63) is 0 Å². The monoisotopic (exact) mass is 368 g/mol. The van der Waals surface area contributed by atoms with Crippen molar-refractivity contribution in [2.24, 2.45) is 0 Å². The first-order valence-corrected chi connectivity index (χ1v) is 8.52. The zero-order chi connectivity index (χ0) is 19.4. The van der Waals surface area contributed by atoms with Crippen LogP contribution >= 0.6 is 0 Å². The van der Waals surface area contributed by atoms with E-state index in [0.29, 0.717) is 0 Å². The molecule has 0 aromatic rings. The van der Waals surface area contributed by atoms with Gasteiger partial charge in [0.25, 0.3) is 0 Å². The van der Waals surface area contributed by atoms with Gasteiger partial charge in [-0.2, -0.15) is 0 Å². The number of piperazine rings is 2. The second kappa shape index (κ2) is 8.37. The fraction of sp³-hybridized carbons (Fsp3) is 0.688. The van der Waals surface area contributed by atoms with Crippen molar-refractivity contribution in [2.45, 2.75) is 39.3 Å². The molecule has 2 fully saturated rings. The van der Waals surface area contributed by atoms with Gasteiger partial charge in [-0.3, -0.25) is 39.1 Å². The molecule has 0 spiro atoms. The largest absolute Gasteiger partial charge is 0.444 e. The zero-order valence-corrected chi connectivity index (χ0v) is 15.2. The summed E-state index contributed by atoms with van der Waals surface area (Å²) in [7, 11) is 0. The summed E-state index contributed by atoms with van der Waals surface area (Å²) in [6, 6.07) is -0.447. The molecule has 2 aliphatic rings. The van der Waals surface area contributed by atoms with E-state index in [-0.39, 0.29) is 63.2 Å². The summed E-state index contributed by atoms with van der Waals surface area (Å²) in [4.78, 5) is 63.2. The van der Waals surface area contributed by atoms with E-state index < -0.39 is 17.8 Å². The van der Waals surface area contributed by atoms with Crippen molar-refractivity contribution in [3.63, 3.8) is 0 Å². The summed E-state index contributed by atoms with van der Waals surface area (Å²) in [5.74, 6) is -2.11. The molecule has 2 saturated heterocycles. The topological polar surface area (TPSA) is 116 Å². The van der Waals surface area contributed by atoms with E-state index in [2.05, 4.69) is 5.32 Å². The second-order valence-electron chi connectivity index (χ2n) is 6.48. The molecule has 0 aliphatic carbocycles. The average molecular weight is 368 g/mol. The molecule has 0 aromatic heterocycles. The SMILES string of the molecule is CCC(=O)OCN1C(=O)CN(C(C)C(C)N2CC(=O)NC(=O)C2)CC1=O. The third kappa shape index (κ3) is 4.64. The lowest BCUT2D eigenvalue weighted by Crippen LogP contribution is -2.62. The Hall–Kier alpha value is -2.33. The molecule has 10 nitrogen and oxygen atoms in total. The van der Waals surface area contributed by atoms with E-state index in [1.165, 1.54) is 0 Å². The summed E-state index contributed by atoms with van der Waals surface area (Å²) in [6.07, 6.45) is 0.166. The molecule has 2 heterocycles. The minimum atomic E-state index is -0.483. The van der Waals surface area contributed by atoms with Crippen LogP contribution in [0.1, 0.15) is 27.2 Å². The quantitative estimate of drug-likeness (QED) is 0.436. The number of ether oxygens (including phenoxy) is 1. The Kier molecular flexibility index (Phi) is 6.43. The number of imide groups is 2. The molecule has 2 atom stereocenters. The average Bonchev–Trinajstić information content (AvgIpc) is 2.58. The minimum Gasteiger partial charge on any atom is -0.444 e. The van der Waals surface area contributed by atoms with Crippen LogP contribution in [0.2, 0.25) is 0 Å². The van der Waals surface area contributed by atoms with E-state index in [9.17, 15) is 24.0 Å². The van der Waals surface area contributed by atoms with Crippen LogP contribution < -0.4 is 5.32 Å². The highest BCUT2D eigenvalue weighted by Crippen LogP contribution is 2.16.